The standard InChI is InChI=1S/C31H46FN3O4/c1-23(2)20-25(21-33-3)34-30(36)35-18-11-12-24(22-35)31(37,17-9-10-19-38-4)26-13-5-7-15-28(26)39-29-16-8-6-14-27(29)32/h5-8,13-16,23-25,33,37H,9-12,17-22H2,1-4H3,(H,34,36)/t24-,25?,31+/m1/s1. The van der Waals surface area contributed by atoms with E-state index in [1.54, 1.807) is 31.4 Å². The number of rotatable bonds is 14. The molecule has 3 N–H and O–H groups in total. The van der Waals surface area contributed by atoms with E-state index in [-0.39, 0.29) is 23.7 Å². The van der Waals surface area contributed by atoms with E-state index in [9.17, 15) is 14.3 Å². The number of ether oxygens (including phenoxy) is 2. The molecular weight excluding hydrogens is 497 g/mol. The molecule has 0 spiro atoms. The molecule has 2 aromatic rings. The van der Waals surface area contributed by atoms with Crippen LogP contribution in [0, 0.1) is 17.7 Å². The van der Waals surface area contributed by atoms with Gasteiger partial charge in [0.15, 0.2) is 11.6 Å². The van der Waals surface area contributed by atoms with Gasteiger partial charge < -0.3 is 30.1 Å². The number of hydrogen-bond donors (Lipinski definition) is 3. The van der Waals surface area contributed by atoms with E-state index < -0.39 is 11.4 Å². The van der Waals surface area contributed by atoms with Crippen LogP contribution in [0.25, 0.3) is 0 Å². The van der Waals surface area contributed by atoms with E-state index in [0.717, 1.165) is 32.1 Å². The Balaban J connectivity index is 1.87. The summed E-state index contributed by atoms with van der Waals surface area (Å²) in [6, 6.07) is 13.5. The van der Waals surface area contributed by atoms with Crippen LogP contribution in [-0.2, 0) is 10.3 Å². The summed E-state index contributed by atoms with van der Waals surface area (Å²) in [5.74, 6) is 0.314. The lowest BCUT2D eigenvalue weighted by molar-refractivity contribution is -0.0575. The number of urea groups is 1. The lowest BCUT2D eigenvalue weighted by Gasteiger charge is -2.43. The maximum absolute atomic E-state index is 14.5. The van der Waals surface area contributed by atoms with E-state index in [4.69, 9.17) is 9.47 Å². The number of likely N-dealkylation sites (N-methyl/N-ethyl adjacent to an activating group) is 1. The first-order chi connectivity index (χ1) is 18.8. The molecule has 1 aliphatic heterocycles. The van der Waals surface area contributed by atoms with Crippen molar-refractivity contribution in [2.24, 2.45) is 11.8 Å². The molecule has 3 atom stereocenters. The minimum Gasteiger partial charge on any atom is -0.454 e. The summed E-state index contributed by atoms with van der Waals surface area (Å²) < 4.78 is 25.7. The maximum Gasteiger partial charge on any atom is 0.317 e. The number of aliphatic hydroxyl groups is 1. The third kappa shape index (κ3) is 8.65. The zero-order chi connectivity index (χ0) is 28.3. The van der Waals surface area contributed by atoms with Gasteiger partial charge >= 0.3 is 6.03 Å². The second kappa shape index (κ2) is 15.2. The summed E-state index contributed by atoms with van der Waals surface area (Å²) in [5.41, 5.74) is -0.651. The Bertz CT molecular complexity index is 1040. The summed E-state index contributed by atoms with van der Waals surface area (Å²) in [5, 5.41) is 18.8. The molecule has 1 saturated heterocycles. The number of halogens is 1. The number of nitrogens with zero attached hydrogens (tertiary/aromatic N) is 1. The molecule has 2 aromatic carbocycles. The van der Waals surface area contributed by atoms with Crippen LogP contribution in [0.15, 0.2) is 48.5 Å². The van der Waals surface area contributed by atoms with Crippen molar-refractivity contribution in [3.8, 4) is 11.5 Å². The highest BCUT2D eigenvalue weighted by molar-refractivity contribution is 5.74. The Kier molecular flexibility index (Phi) is 12.0. The van der Waals surface area contributed by atoms with Crippen molar-refractivity contribution in [3.05, 3.63) is 59.9 Å². The molecular formula is C31H46FN3O4. The largest absolute Gasteiger partial charge is 0.454 e. The maximum atomic E-state index is 14.5. The summed E-state index contributed by atoms with van der Waals surface area (Å²) in [7, 11) is 3.56. The first kappa shape index (κ1) is 30.9. The van der Waals surface area contributed by atoms with E-state index in [0.29, 0.717) is 49.9 Å². The van der Waals surface area contributed by atoms with Crippen molar-refractivity contribution in [3.63, 3.8) is 0 Å². The van der Waals surface area contributed by atoms with Crippen LogP contribution < -0.4 is 15.4 Å². The van der Waals surface area contributed by atoms with Gasteiger partial charge in [-0.15, -0.1) is 0 Å². The van der Waals surface area contributed by atoms with Crippen molar-refractivity contribution in [2.45, 2.75) is 64.0 Å². The topological polar surface area (TPSA) is 83.1 Å². The van der Waals surface area contributed by atoms with E-state index in [1.165, 1.54) is 6.07 Å². The lowest BCUT2D eigenvalue weighted by atomic mass is 9.73. The fourth-order valence-corrected chi connectivity index (χ4v) is 5.58. The Hall–Kier alpha value is -2.68. The molecule has 0 saturated carbocycles. The SMILES string of the molecule is CNCC(CC(C)C)NC(=O)N1CCC[C@@H]([C@@](O)(CCCCOC)c2ccccc2Oc2ccccc2F)C1. The van der Waals surface area contributed by atoms with E-state index in [1.807, 2.05) is 30.1 Å². The molecule has 7 nitrogen and oxygen atoms in total. The third-order valence-corrected chi connectivity index (χ3v) is 7.48. The Morgan fingerprint density at radius 3 is 2.56 bits per heavy atom. The van der Waals surface area contributed by atoms with Gasteiger partial charge in [-0.05, 0) is 69.7 Å². The zero-order valence-corrected chi connectivity index (χ0v) is 23.9. The van der Waals surface area contributed by atoms with E-state index in [2.05, 4.69) is 24.5 Å². The number of carbonyl (C=O) groups is 1. The number of nitrogens with one attached hydrogen (secondary N) is 2. The van der Waals surface area contributed by atoms with Crippen molar-refractivity contribution in [2.75, 3.05) is 40.4 Å². The van der Waals surface area contributed by atoms with E-state index >= 15 is 0 Å². The number of amides is 2. The van der Waals surface area contributed by atoms with Crippen molar-refractivity contribution >= 4 is 6.03 Å². The predicted octanol–water partition coefficient (Wildman–Crippen LogP) is 5.68. The zero-order valence-electron chi connectivity index (χ0n) is 23.9. The van der Waals surface area contributed by atoms with Gasteiger partial charge in [-0.25, -0.2) is 9.18 Å². The quantitative estimate of drug-likeness (QED) is 0.267. The predicted molar refractivity (Wildman–Crippen MR) is 153 cm³/mol. The number of hydrogen-bond acceptors (Lipinski definition) is 5. The molecule has 3 rings (SSSR count). The highest BCUT2D eigenvalue weighted by Gasteiger charge is 2.43. The number of para-hydroxylation sites is 2. The number of piperidine rings is 1. The average molecular weight is 544 g/mol. The summed E-state index contributed by atoms with van der Waals surface area (Å²) in [4.78, 5) is 15.2. The van der Waals surface area contributed by atoms with Gasteiger partial charge in [0, 0.05) is 50.9 Å². The number of unbranched alkanes of at least 4 members (excludes halogenated alkanes) is 1. The summed E-state index contributed by atoms with van der Waals surface area (Å²) >= 11 is 0. The third-order valence-electron chi connectivity index (χ3n) is 7.48. The first-order valence-corrected chi connectivity index (χ1v) is 14.2. The monoisotopic (exact) mass is 543 g/mol. The Labute approximate surface area is 233 Å². The van der Waals surface area contributed by atoms with Gasteiger partial charge in [-0.2, -0.15) is 0 Å². The van der Waals surface area contributed by atoms with Crippen LogP contribution in [0.2, 0.25) is 0 Å². The van der Waals surface area contributed by atoms with Gasteiger partial charge in [0.2, 0.25) is 0 Å². The fraction of sp³-hybridized carbons (Fsp3) is 0.581. The van der Waals surface area contributed by atoms with Gasteiger partial charge in [-0.1, -0.05) is 44.2 Å². The highest BCUT2D eigenvalue weighted by Crippen LogP contribution is 2.44. The van der Waals surface area contributed by atoms with Crippen molar-refractivity contribution in [1.29, 1.82) is 0 Å². The molecule has 1 unspecified atom stereocenters. The van der Waals surface area contributed by atoms with Crippen LogP contribution >= 0.6 is 0 Å². The normalized spacial score (nSPS) is 18.0. The molecule has 0 bridgehead atoms. The molecule has 1 aliphatic rings. The van der Waals surface area contributed by atoms with Crippen LogP contribution in [0.5, 0.6) is 11.5 Å². The van der Waals surface area contributed by atoms with Crippen LogP contribution in [0.4, 0.5) is 9.18 Å². The van der Waals surface area contributed by atoms with Crippen LogP contribution in [-0.4, -0.2) is 62.5 Å². The minimum absolute atomic E-state index is 0.0331. The second-order valence-corrected chi connectivity index (χ2v) is 11.0. The Morgan fingerprint density at radius 1 is 1.15 bits per heavy atom. The van der Waals surface area contributed by atoms with Crippen LogP contribution in [0.3, 0.4) is 0 Å². The molecule has 1 heterocycles. The molecule has 39 heavy (non-hydrogen) atoms. The van der Waals surface area contributed by atoms with Crippen LogP contribution in [0.1, 0.15) is 57.9 Å². The summed E-state index contributed by atoms with van der Waals surface area (Å²) in [6.07, 6.45) is 4.45. The first-order valence-electron chi connectivity index (χ1n) is 14.2. The lowest BCUT2D eigenvalue weighted by Crippen LogP contribution is -2.54. The highest BCUT2D eigenvalue weighted by atomic mass is 19.1. The molecule has 1 fully saturated rings. The van der Waals surface area contributed by atoms with Gasteiger partial charge in [0.25, 0.3) is 0 Å². The smallest absolute Gasteiger partial charge is 0.317 e. The molecule has 216 valence electrons. The summed E-state index contributed by atoms with van der Waals surface area (Å²) in [6.45, 7) is 6.67. The number of carbonyl (C=O) groups excluding carboxylic acids is 1. The number of benzene rings is 2. The fourth-order valence-electron chi connectivity index (χ4n) is 5.58. The van der Waals surface area contributed by atoms with Gasteiger partial charge in [0.1, 0.15) is 5.75 Å². The van der Waals surface area contributed by atoms with Crippen molar-refractivity contribution in [1.82, 2.24) is 15.5 Å². The van der Waals surface area contributed by atoms with Gasteiger partial charge in [-0.3, -0.25) is 0 Å². The number of methoxy groups -OCH3 is 1. The average Bonchev–Trinajstić information content (AvgIpc) is 2.92. The molecule has 0 radical (unpaired) electrons. The Morgan fingerprint density at radius 2 is 1.87 bits per heavy atom. The minimum atomic E-state index is -1.27. The molecule has 0 aliphatic carbocycles. The number of likely N-dealkylation sites (tertiary alicyclic amines) is 1. The molecule has 0 aromatic heterocycles. The second-order valence-electron chi connectivity index (χ2n) is 11.0. The van der Waals surface area contributed by atoms with Crippen molar-refractivity contribution < 1.29 is 23.8 Å². The molecule has 8 heteroatoms. The molecule has 2 amide bonds. The van der Waals surface area contributed by atoms with Gasteiger partial charge in [0.05, 0.1) is 5.60 Å².